The zero-order valence-corrected chi connectivity index (χ0v) is 13.4. The van der Waals surface area contributed by atoms with E-state index in [4.69, 9.17) is 23.2 Å². The maximum absolute atomic E-state index is 13.3. The highest BCUT2D eigenvalue weighted by Crippen LogP contribution is 2.28. The topological polar surface area (TPSA) is 29.1 Å². The summed E-state index contributed by atoms with van der Waals surface area (Å²) in [5.41, 5.74) is 1.28. The molecule has 0 heterocycles. The summed E-state index contributed by atoms with van der Waals surface area (Å²) in [6.07, 6.45) is 0. The van der Waals surface area contributed by atoms with Gasteiger partial charge in [-0.3, -0.25) is 4.79 Å². The Morgan fingerprint density at radius 3 is 2.45 bits per heavy atom. The Bertz CT molecular complexity index is 671. The van der Waals surface area contributed by atoms with Gasteiger partial charge in [-0.2, -0.15) is 0 Å². The van der Waals surface area contributed by atoms with Gasteiger partial charge in [-0.05, 0) is 52.7 Å². The van der Waals surface area contributed by atoms with Gasteiger partial charge in [0, 0.05) is 5.69 Å². The minimum atomic E-state index is -0.442. The van der Waals surface area contributed by atoms with Gasteiger partial charge in [0.2, 0.25) is 0 Å². The Labute approximate surface area is 134 Å². The Hall–Kier alpha value is -1.10. The van der Waals surface area contributed by atoms with Gasteiger partial charge in [-0.1, -0.05) is 29.3 Å². The van der Waals surface area contributed by atoms with Gasteiger partial charge in [0.1, 0.15) is 5.82 Å². The van der Waals surface area contributed by atoms with Crippen LogP contribution in [0.5, 0.6) is 0 Å². The molecule has 0 fully saturated rings. The zero-order valence-electron chi connectivity index (χ0n) is 10.3. The molecule has 1 amide bonds. The number of hydrogen-bond acceptors (Lipinski definition) is 1. The molecule has 0 unspecified atom stereocenters. The SMILES string of the molecule is Cc1cc(F)c(Br)cc1NC(=O)c1c(Cl)cccc1Cl. The first-order valence-corrected chi connectivity index (χ1v) is 7.16. The van der Waals surface area contributed by atoms with E-state index in [1.54, 1.807) is 25.1 Å². The number of hydrogen-bond donors (Lipinski definition) is 1. The van der Waals surface area contributed by atoms with Crippen LogP contribution in [0.15, 0.2) is 34.8 Å². The lowest BCUT2D eigenvalue weighted by atomic mass is 10.1. The van der Waals surface area contributed by atoms with E-state index >= 15 is 0 Å². The molecule has 0 saturated carbocycles. The highest BCUT2D eigenvalue weighted by atomic mass is 79.9. The van der Waals surface area contributed by atoms with Crippen LogP contribution in [-0.4, -0.2) is 5.91 Å². The van der Waals surface area contributed by atoms with Crippen LogP contribution in [-0.2, 0) is 0 Å². The summed E-state index contributed by atoms with van der Waals surface area (Å²) >= 11 is 15.0. The van der Waals surface area contributed by atoms with Crippen molar-refractivity contribution in [1.29, 1.82) is 0 Å². The van der Waals surface area contributed by atoms with Crippen molar-refractivity contribution >= 4 is 50.7 Å². The molecule has 0 aliphatic carbocycles. The third-order valence-corrected chi connectivity index (χ3v) is 3.94. The van der Waals surface area contributed by atoms with Crippen molar-refractivity contribution in [2.24, 2.45) is 0 Å². The Balaban J connectivity index is 2.35. The summed E-state index contributed by atoms with van der Waals surface area (Å²) in [5, 5.41) is 3.19. The van der Waals surface area contributed by atoms with E-state index in [1.807, 2.05) is 0 Å². The molecule has 0 bridgehead atoms. The zero-order chi connectivity index (χ0) is 14.9. The molecule has 0 aliphatic heterocycles. The number of nitrogens with one attached hydrogen (secondary N) is 1. The van der Waals surface area contributed by atoms with Crippen molar-refractivity contribution < 1.29 is 9.18 Å². The van der Waals surface area contributed by atoms with Crippen LogP contribution in [0.4, 0.5) is 10.1 Å². The number of benzene rings is 2. The number of aryl methyl sites for hydroxylation is 1. The number of rotatable bonds is 2. The lowest BCUT2D eigenvalue weighted by molar-refractivity contribution is 0.102. The first kappa shape index (κ1) is 15.3. The number of halogens is 4. The minimum absolute atomic E-state index is 0.190. The summed E-state index contributed by atoms with van der Waals surface area (Å²) in [5.74, 6) is -0.835. The van der Waals surface area contributed by atoms with Crippen LogP contribution in [0.25, 0.3) is 0 Å². The van der Waals surface area contributed by atoms with E-state index in [-0.39, 0.29) is 20.1 Å². The van der Waals surface area contributed by atoms with E-state index in [9.17, 15) is 9.18 Å². The summed E-state index contributed by atoms with van der Waals surface area (Å²) in [7, 11) is 0. The molecular formula is C14H9BrCl2FNO. The molecule has 2 aromatic rings. The van der Waals surface area contributed by atoms with Gasteiger partial charge in [0.05, 0.1) is 20.1 Å². The van der Waals surface area contributed by atoms with Gasteiger partial charge < -0.3 is 5.32 Å². The van der Waals surface area contributed by atoms with Crippen LogP contribution in [0, 0.1) is 12.7 Å². The summed E-state index contributed by atoms with van der Waals surface area (Å²) < 4.78 is 13.6. The van der Waals surface area contributed by atoms with Gasteiger partial charge in [-0.25, -0.2) is 4.39 Å². The maximum Gasteiger partial charge on any atom is 0.258 e. The fraction of sp³-hybridized carbons (Fsp3) is 0.0714. The van der Waals surface area contributed by atoms with Gasteiger partial charge in [-0.15, -0.1) is 0 Å². The van der Waals surface area contributed by atoms with Gasteiger partial charge in [0.25, 0.3) is 5.91 Å². The fourth-order valence-electron chi connectivity index (χ4n) is 1.68. The monoisotopic (exact) mass is 375 g/mol. The number of amides is 1. The van der Waals surface area contributed by atoms with Crippen molar-refractivity contribution in [1.82, 2.24) is 0 Å². The third-order valence-electron chi connectivity index (χ3n) is 2.71. The van der Waals surface area contributed by atoms with E-state index in [2.05, 4.69) is 21.2 Å². The summed E-state index contributed by atoms with van der Waals surface area (Å²) in [6, 6.07) is 7.63. The van der Waals surface area contributed by atoms with Crippen molar-refractivity contribution in [3.05, 3.63) is 61.8 Å². The molecule has 0 radical (unpaired) electrons. The first-order valence-electron chi connectivity index (χ1n) is 5.61. The molecule has 0 spiro atoms. The van der Waals surface area contributed by atoms with Crippen LogP contribution in [0.1, 0.15) is 15.9 Å². The standard InChI is InChI=1S/C14H9BrCl2FNO/c1-7-5-11(18)8(15)6-12(7)19-14(20)13-9(16)3-2-4-10(13)17/h2-6H,1H3,(H,19,20). The lowest BCUT2D eigenvalue weighted by Crippen LogP contribution is -2.14. The lowest BCUT2D eigenvalue weighted by Gasteiger charge is -2.11. The average Bonchev–Trinajstić information content (AvgIpc) is 2.35. The second-order valence-corrected chi connectivity index (χ2v) is 5.80. The van der Waals surface area contributed by atoms with Crippen LogP contribution >= 0.6 is 39.1 Å². The number of carbonyl (C=O) groups excluding carboxylic acids is 1. The molecule has 0 aliphatic rings. The Kier molecular flexibility index (Phi) is 4.68. The normalized spacial score (nSPS) is 10.4. The molecule has 2 nitrogen and oxygen atoms in total. The maximum atomic E-state index is 13.3. The van der Waals surface area contributed by atoms with Crippen LogP contribution in [0.3, 0.4) is 0 Å². The molecule has 0 saturated heterocycles. The molecule has 1 N–H and O–H groups in total. The largest absolute Gasteiger partial charge is 0.322 e. The third kappa shape index (κ3) is 3.14. The minimum Gasteiger partial charge on any atom is -0.322 e. The van der Waals surface area contributed by atoms with Crippen molar-refractivity contribution in [3.63, 3.8) is 0 Å². The highest BCUT2D eigenvalue weighted by Gasteiger charge is 2.16. The molecule has 104 valence electrons. The van der Waals surface area contributed by atoms with Gasteiger partial charge >= 0.3 is 0 Å². The fourth-order valence-corrected chi connectivity index (χ4v) is 2.59. The molecule has 6 heteroatoms. The smallest absolute Gasteiger partial charge is 0.258 e. The van der Waals surface area contributed by atoms with E-state index in [1.165, 1.54) is 12.1 Å². The quantitative estimate of drug-likeness (QED) is 0.741. The predicted molar refractivity (Wildman–Crippen MR) is 83.3 cm³/mol. The Morgan fingerprint density at radius 2 is 1.85 bits per heavy atom. The second-order valence-electron chi connectivity index (χ2n) is 4.13. The van der Waals surface area contributed by atoms with Crippen molar-refractivity contribution in [2.75, 3.05) is 5.32 Å². The van der Waals surface area contributed by atoms with E-state index in [0.717, 1.165) is 0 Å². The first-order chi connectivity index (χ1) is 9.40. The number of carbonyl (C=O) groups is 1. The summed E-state index contributed by atoms with van der Waals surface area (Å²) in [6.45, 7) is 1.69. The predicted octanol–water partition coefficient (Wildman–Crippen LogP) is 5.46. The van der Waals surface area contributed by atoms with Crippen molar-refractivity contribution in [3.8, 4) is 0 Å². The van der Waals surface area contributed by atoms with Gasteiger partial charge in [0.15, 0.2) is 0 Å². The van der Waals surface area contributed by atoms with Crippen LogP contribution in [0.2, 0.25) is 10.0 Å². The molecule has 0 atom stereocenters. The highest BCUT2D eigenvalue weighted by molar-refractivity contribution is 9.10. The van der Waals surface area contributed by atoms with E-state index < -0.39 is 11.7 Å². The average molecular weight is 377 g/mol. The van der Waals surface area contributed by atoms with Crippen molar-refractivity contribution in [2.45, 2.75) is 6.92 Å². The number of anilines is 1. The molecule has 2 aromatic carbocycles. The molecule has 20 heavy (non-hydrogen) atoms. The molecule has 0 aromatic heterocycles. The Morgan fingerprint density at radius 1 is 1.25 bits per heavy atom. The van der Waals surface area contributed by atoms with E-state index in [0.29, 0.717) is 11.3 Å². The second kappa shape index (κ2) is 6.12. The summed E-state index contributed by atoms with van der Waals surface area (Å²) in [4.78, 5) is 12.2. The molecular weight excluding hydrogens is 368 g/mol. The molecule has 2 rings (SSSR count). The van der Waals surface area contributed by atoms with Crippen LogP contribution < -0.4 is 5.32 Å².